The van der Waals surface area contributed by atoms with Crippen LogP contribution in [0.4, 0.5) is 5.69 Å². The van der Waals surface area contributed by atoms with Crippen LogP contribution in [0.1, 0.15) is 35.6 Å². The maximum Gasteiger partial charge on any atom is 0.244 e. The molecule has 0 fully saturated rings. The van der Waals surface area contributed by atoms with Gasteiger partial charge in [-0.3, -0.25) is 9.10 Å². The molecule has 1 atom stereocenters. The molecule has 0 radical (unpaired) electrons. The zero-order valence-corrected chi connectivity index (χ0v) is 19.5. The molecule has 2 rings (SSSR count). The van der Waals surface area contributed by atoms with Gasteiger partial charge in [-0.1, -0.05) is 19.1 Å². The lowest BCUT2D eigenvalue weighted by Gasteiger charge is -2.30. The summed E-state index contributed by atoms with van der Waals surface area (Å²) in [5.41, 5.74) is 4.60. The van der Waals surface area contributed by atoms with E-state index in [1.807, 2.05) is 45.9 Å². The average molecular weight is 433 g/mol. The van der Waals surface area contributed by atoms with Crippen molar-refractivity contribution in [3.63, 3.8) is 0 Å². The third-order valence-corrected chi connectivity index (χ3v) is 5.84. The largest absolute Gasteiger partial charge is 0.492 e. The van der Waals surface area contributed by atoms with Gasteiger partial charge in [0.1, 0.15) is 18.4 Å². The number of ether oxygens (including phenoxy) is 1. The van der Waals surface area contributed by atoms with Crippen LogP contribution >= 0.6 is 0 Å². The van der Waals surface area contributed by atoms with E-state index >= 15 is 0 Å². The van der Waals surface area contributed by atoms with Gasteiger partial charge >= 0.3 is 0 Å². The Balaban J connectivity index is 2.10. The number of aryl methyl sites for hydroxylation is 4. The molecule has 1 amide bonds. The Bertz CT molecular complexity index is 962. The van der Waals surface area contributed by atoms with Crippen molar-refractivity contribution in [2.45, 2.75) is 47.1 Å². The highest BCUT2D eigenvalue weighted by Crippen LogP contribution is 2.25. The van der Waals surface area contributed by atoms with Gasteiger partial charge in [0.25, 0.3) is 0 Å². The number of benzene rings is 2. The number of nitrogens with one attached hydrogen (secondary N) is 1. The molecule has 0 aromatic heterocycles. The van der Waals surface area contributed by atoms with Crippen LogP contribution in [0.2, 0.25) is 0 Å². The number of nitrogens with zero attached hydrogens (tertiary/aromatic N) is 1. The van der Waals surface area contributed by atoms with E-state index in [2.05, 4.69) is 11.4 Å². The summed E-state index contributed by atoms with van der Waals surface area (Å²) in [6.07, 6.45) is 1.48. The number of hydrogen-bond donors (Lipinski definition) is 1. The van der Waals surface area contributed by atoms with Gasteiger partial charge in [0, 0.05) is 0 Å². The van der Waals surface area contributed by atoms with E-state index in [9.17, 15) is 13.2 Å². The van der Waals surface area contributed by atoms with E-state index in [0.717, 1.165) is 34.3 Å². The molecule has 2 aromatic rings. The zero-order chi connectivity index (χ0) is 22.5. The minimum Gasteiger partial charge on any atom is -0.492 e. The summed E-state index contributed by atoms with van der Waals surface area (Å²) >= 11 is 0. The molecule has 7 heteroatoms. The smallest absolute Gasteiger partial charge is 0.244 e. The zero-order valence-electron chi connectivity index (χ0n) is 18.7. The lowest BCUT2D eigenvalue weighted by molar-refractivity contribution is -0.122. The topological polar surface area (TPSA) is 75.7 Å². The van der Waals surface area contributed by atoms with E-state index < -0.39 is 16.1 Å². The van der Waals surface area contributed by atoms with Crippen molar-refractivity contribution < 1.29 is 17.9 Å². The quantitative estimate of drug-likeness (QED) is 0.614. The summed E-state index contributed by atoms with van der Waals surface area (Å²) in [5, 5.41) is 2.81. The molecule has 1 N–H and O–H groups in total. The Morgan fingerprint density at radius 2 is 1.47 bits per heavy atom. The van der Waals surface area contributed by atoms with Gasteiger partial charge in [-0.25, -0.2) is 8.42 Å². The van der Waals surface area contributed by atoms with Crippen LogP contribution in [0.15, 0.2) is 36.4 Å². The molecular weight excluding hydrogens is 400 g/mol. The molecule has 0 spiro atoms. The predicted octanol–water partition coefficient (Wildman–Crippen LogP) is 3.66. The maximum absolute atomic E-state index is 12.9. The second-order valence-electron chi connectivity index (χ2n) is 7.79. The Kier molecular flexibility index (Phi) is 7.89. The molecule has 0 aliphatic carbocycles. The highest BCUT2D eigenvalue weighted by Gasteiger charge is 2.31. The van der Waals surface area contributed by atoms with Crippen LogP contribution in [0.5, 0.6) is 5.75 Å². The second-order valence-corrected chi connectivity index (χ2v) is 9.65. The number of rotatable bonds is 9. The third kappa shape index (κ3) is 6.49. The Morgan fingerprint density at radius 3 is 1.93 bits per heavy atom. The van der Waals surface area contributed by atoms with Crippen molar-refractivity contribution >= 4 is 21.6 Å². The summed E-state index contributed by atoms with van der Waals surface area (Å²) < 4.78 is 32.1. The first-order valence-corrected chi connectivity index (χ1v) is 11.9. The standard InChI is InChI=1S/C23H32N2O4S/c1-7-22(25(30(6,27)28)20-12-16(2)10-17(3)13-20)23(26)24-8-9-29-21-14-18(4)11-19(5)15-21/h10-15,22H,7-9H2,1-6H3,(H,24,26)/t22-/m1/s1. The molecule has 6 nitrogen and oxygen atoms in total. The van der Waals surface area contributed by atoms with Crippen LogP contribution in [0, 0.1) is 27.7 Å². The van der Waals surface area contributed by atoms with Gasteiger partial charge in [-0.15, -0.1) is 0 Å². The van der Waals surface area contributed by atoms with Crippen molar-refractivity contribution in [2.75, 3.05) is 23.7 Å². The predicted molar refractivity (Wildman–Crippen MR) is 122 cm³/mol. The fourth-order valence-corrected chi connectivity index (χ4v) is 4.81. The molecule has 2 aromatic carbocycles. The van der Waals surface area contributed by atoms with E-state index in [0.29, 0.717) is 18.7 Å². The van der Waals surface area contributed by atoms with Crippen LogP contribution < -0.4 is 14.4 Å². The second kappa shape index (κ2) is 9.98. The molecule has 0 aliphatic rings. The molecule has 30 heavy (non-hydrogen) atoms. The van der Waals surface area contributed by atoms with Gasteiger partial charge in [0.05, 0.1) is 18.5 Å². The van der Waals surface area contributed by atoms with Crippen LogP contribution in [0.3, 0.4) is 0 Å². The highest BCUT2D eigenvalue weighted by atomic mass is 32.2. The number of hydrogen-bond acceptors (Lipinski definition) is 4. The van der Waals surface area contributed by atoms with Crippen LogP contribution in [0.25, 0.3) is 0 Å². The monoisotopic (exact) mass is 432 g/mol. The van der Waals surface area contributed by atoms with Crippen molar-refractivity contribution in [2.24, 2.45) is 0 Å². The molecule has 0 saturated heterocycles. The maximum atomic E-state index is 12.9. The number of amides is 1. The number of carbonyl (C=O) groups is 1. The average Bonchev–Trinajstić information content (AvgIpc) is 2.60. The summed E-state index contributed by atoms with van der Waals surface area (Å²) in [4.78, 5) is 12.9. The molecule has 0 aliphatic heterocycles. The molecule has 0 bridgehead atoms. The molecule has 0 heterocycles. The van der Waals surface area contributed by atoms with Crippen molar-refractivity contribution in [1.82, 2.24) is 5.32 Å². The minimum atomic E-state index is -3.65. The van der Waals surface area contributed by atoms with Crippen LogP contribution in [-0.2, 0) is 14.8 Å². The SMILES string of the molecule is CC[C@H](C(=O)NCCOc1cc(C)cc(C)c1)N(c1cc(C)cc(C)c1)S(C)(=O)=O. The van der Waals surface area contributed by atoms with Gasteiger partial charge in [0.15, 0.2) is 0 Å². The van der Waals surface area contributed by atoms with E-state index in [1.54, 1.807) is 19.1 Å². The van der Waals surface area contributed by atoms with E-state index in [4.69, 9.17) is 4.74 Å². The van der Waals surface area contributed by atoms with Gasteiger partial charge in [-0.2, -0.15) is 0 Å². The summed E-state index contributed by atoms with van der Waals surface area (Å²) in [6, 6.07) is 10.6. The molecular formula is C23H32N2O4S. The first-order valence-electron chi connectivity index (χ1n) is 10.1. The number of anilines is 1. The summed E-state index contributed by atoms with van der Waals surface area (Å²) in [6.45, 7) is 10.2. The lowest BCUT2D eigenvalue weighted by Crippen LogP contribution is -2.50. The van der Waals surface area contributed by atoms with E-state index in [-0.39, 0.29) is 12.5 Å². The molecule has 164 valence electrons. The van der Waals surface area contributed by atoms with Crippen molar-refractivity contribution in [3.05, 3.63) is 58.7 Å². The molecule has 0 saturated carbocycles. The first-order chi connectivity index (χ1) is 14.0. The van der Waals surface area contributed by atoms with Gasteiger partial charge in [0.2, 0.25) is 15.9 Å². The number of sulfonamides is 1. The van der Waals surface area contributed by atoms with Gasteiger partial charge < -0.3 is 10.1 Å². The Labute approximate surface area is 180 Å². The minimum absolute atomic E-state index is 0.284. The normalized spacial score (nSPS) is 12.3. The van der Waals surface area contributed by atoms with Crippen LogP contribution in [-0.4, -0.2) is 39.8 Å². The highest BCUT2D eigenvalue weighted by molar-refractivity contribution is 7.92. The van der Waals surface area contributed by atoms with Crippen molar-refractivity contribution in [3.8, 4) is 5.75 Å². The lowest BCUT2D eigenvalue weighted by atomic mass is 10.1. The van der Waals surface area contributed by atoms with E-state index in [1.165, 1.54) is 4.31 Å². The fourth-order valence-electron chi connectivity index (χ4n) is 3.62. The third-order valence-electron chi connectivity index (χ3n) is 4.66. The summed E-state index contributed by atoms with van der Waals surface area (Å²) in [7, 11) is -3.65. The first kappa shape index (κ1) is 23.7. The summed E-state index contributed by atoms with van der Waals surface area (Å²) in [5.74, 6) is 0.410. The van der Waals surface area contributed by atoms with Gasteiger partial charge in [-0.05, 0) is 80.6 Å². The molecule has 0 unspecified atom stereocenters. The number of carbonyl (C=O) groups excluding carboxylic acids is 1. The fraction of sp³-hybridized carbons (Fsp3) is 0.435. The Morgan fingerprint density at radius 1 is 0.967 bits per heavy atom. The Hall–Kier alpha value is -2.54. The van der Waals surface area contributed by atoms with Crippen molar-refractivity contribution in [1.29, 1.82) is 0 Å².